The van der Waals surface area contributed by atoms with Gasteiger partial charge >= 0.3 is 0 Å². The Hall–Kier alpha value is -2.40. The second-order valence-electron chi connectivity index (χ2n) is 4.75. The Morgan fingerprint density at radius 1 is 1.23 bits per heavy atom. The number of hydrazone groups is 1. The number of hydrogen-bond donors (Lipinski definition) is 6. The lowest BCUT2D eigenvalue weighted by molar-refractivity contribution is -0.0995. The molecule has 146 valence electrons. The van der Waals surface area contributed by atoms with Crippen LogP contribution >= 0.6 is 11.6 Å². The van der Waals surface area contributed by atoms with E-state index in [-0.39, 0.29) is 11.9 Å². The topological polar surface area (TPSA) is 158 Å². The van der Waals surface area contributed by atoms with Crippen LogP contribution in [0.4, 0.5) is 0 Å². The molecule has 0 unspecified atom stereocenters. The number of rotatable bonds is 9. The maximum Gasteiger partial charge on any atom is 0.236 e. The highest BCUT2D eigenvalue weighted by Crippen LogP contribution is 2.12. The molecule has 0 atom stereocenters. The van der Waals surface area contributed by atoms with E-state index in [0.717, 1.165) is 23.6 Å². The number of nitrogens with one attached hydrogen (secondary N) is 4. The average Bonchev–Trinajstić information content (AvgIpc) is 2.60. The van der Waals surface area contributed by atoms with Crippen LogP contribution in [-0.4, -0.2) is 36.5 Å². The van der Waals surface area contributed by atoms with Crippen LogP contribution in [-0.2, 0) is 9.68 Å². The normalized spacial score (nSPS) is 10.1. The Labute approximate surface area is 158 Å². The smallest absolute Gasteiger partial charge is 0.236 e. The second kappa shape index (κ2) is 14.9. The third kappa shape index (κ3) is 12.0. The molecule has 26 heavy (non-hydrogen) atoms. The molecule has 0 bridgehead atoms. The van der Waals surface area contributed by atoms with Gasteiger partial charge in [-0.15, -0.1) is 10.8 Å². The molecular formula is C15H27ClN8O2. The molecule has 0 saturated heterocycles. The van der Waals surface area contributed by atoms with Crippen LogP contribution in [0.1, 0.15) is 32.3 Å². The molecule has 0 aliphatic rings. The minimum Gasteiger partial charge on any atom is -0.369 e. The Morgan fingerprint density at radius 3 is 2.42 bits per heavy atom. The number of benzene rings is 1. The fourth-order valence-corrected chi connectivity index (χ4v) is 1.47. The van der Waals surface area contributed by atoms with Crippen LogP contribution in [0.25, 0.3) is 0 Å². The van der Waals surface area contributed by atoms with Crippen LogP contribution < -0.4 is 22.5 Å². The van der Waals surface area contributed by atoms with Crippen molar-refractivity contribution in [1.82, 2.24) is 16.2 Å². The minimum atomic E-state index is -0.276. The molecule has 10 nitrogen and oxygen atoms in total. The number of nitrogens with zero attached hydrogens (tertiary/aromatic N) is 2. The van der Waals surface area contributed by atoms with Crippen LogP contribution in [0, 0.1) is 10.8 Å². The zero-order chi connectivity index (χ0) is 19.8. The van der Waals surface area contributed by atoms with E-state index in [1.165, 1.54) is 6.21 Å². The molecule has 0 spiro atoms. The fraction of sp³-hybridized carbons (Fsp3) is 0.400. The number of nitrogens with two attached hydrogens (primary N) is 2. The molecule has 1 aromatic rings. The van der Waals surface area contributed by atoms with Crippen LogP contribution in [0.5, 0.6) is 0 Å². The van der Waals surface area contributed by atoms with Gasteiger partial charge in [0.15, 0.2) is 0 Å². The summed E-state index contributed by atoms with van der Waals surface area (Å²) in [6, 6.07) is 7.24. The number of guanidine groups is 2. The number of hydrogen-bond acceptors (Lipinski definition) is 6. The number of hydroxylamine groups is 1. The van der Waals surface area contributed by atoms with Gasteiger partial charge in [0, 0.05) is 10.6 Å². The van der Waals surface area contributed by atoms with Crippen molar-refractivity contribution in [2.24, 2.45) is 16.6 Å². The van der Waals surface area contributed by atoms with Crippen LogP contribution in [0.15, 0.2) is 29.4 Å². The number of hydrazine groups is 1. The highest BCUT2D eigenvalue weighted by atomic mass is 35.5. The van der Waals surface area contributed by atoms with Gasteiger partial charge in [0.25, 0.3) is 0 Å². The summed E-state index contributed by atoms with van der Waals surface area (Å²) in [5.41, 5.74) is 15.5. The molecule has 0 saturated carbocycles. The van der Waals surface area contributed by atoms with Gasteiger partial charge in [0.2, 0.25) is 11.9 Å². The van der Waals surface area contributed by atoms with E-state index >= 15 is 0 Å². The third-order valence-electron chi connectivity index (χ3n) is 2.39. The largest absolute Gasteiger partial charge is 0.369 e. The Bertz CT molecular complexity index is 570. The molecule has 0 aliphatic heterocycles. The lowest BCUT2D eigenvalue weighted by Gasteiger charge is -2.14. The van der Waals surface area contributed by atoms with E-state index in [9.17, 15) is 0 Å². The summed E-state index contributed by atoms with van der Waals surface area (Å²) in [4.78, 5) is 9.87. The monoisotopic (exact) mass is 386 g/mol. The van der Waals surface area contributed by atoms with E-state index < -0.39 is 0 Å². The lowest BCUT2D eigenvalue weighted by atomic mass is 10.2. The molecule has 0 fully saturated rings. The molecule has 11 heteroatoms. The molecule has 0 aromatic heterocycles. The Balaban J connectivity index is 0.000000590. The minimum absolute atomic E-state index is 0.161. The first-order chi connectivity index (χ1) is 12.4. The van der Waals surface area contributed by atoms with Crippen molar-refractivity contribution in [3.8, 4) is 0 Å². The summed E-state index contributed by atoms with van der Waals surface area (Å²) in [5.74, 6) is -0.437. The van der Waals surface area contributed by atoms with Gasteiger partial charge in [0.05, 0.1) is 19.4 Å². The standard InChI is InChI=1S/C11H15ClN4O.C4H12N4O/c1-2-7-17-16(11(13)14)15-8-9-5-3-4-6-10(9)12;1-2-3-9-8-7-4(5)6/h3-6,8H,2,7H2,1H3,(H3,13,14);8H,2-3H2,1H3,(H4,5,6,7)/b15-8+;. The zero-order valence-electron chi connectivity index (χ0n) is 15.0. The van der Waals surface area contributed by atoms with E-state index in [0.29, 0.717) is 18.2 Å². The molecule has 1 aromatic carbocycles. The van der Waals surface area contributed by atoms with E-state index in [2.05, 4.69) is 16.1 Å². The van der Waals surface area contributed by atoms with Crippen molar-refractivity contribution < 1.29 is 9.68 Å². The first-order valence-corrected chi connectivity index (χ1v) is 8.32. The van der Waals surface area contributed by atoms with Gasteiger partial charge in [0.1, 0.15) is 0 Å². The van der Waals surface area contributed by atoms with E-state index in [4.69, 9.17) is 43.6 Å². The Morgan fingerprint density at radius 2 is 1.88 bits per heavy atom. The van der Waals surface area contributed by atoms with Gasteiger partial charge in [-0.3, -0.25) is 21.1 Å². The van der Waals surface area contributed by atoms with Crippen molar-refractivity contribution in [1.29, 1.82) is 10.8 Å². The van der Waals surface area contributed by atoms with Crippen LogP contribution in [0.2, 0.25) is 5.02 Å². The SMILES string of the molecule is CCCON(/N=C/c1ccccc1Cl)C(=N)N.CCCONNC(=N)N. The van der Waals surface area contributed by atoms with Crippen molar-refractivity contribution in [3.05, 3.63) is 34.9 Å². The number of halogens is 1. The highest BCUT2D eigenvalue weighted by molar-refractivity contribution is 6.33. The molecule has 8 N–H and O–H groups in total. The third-order valence-corrected chi connectivity index (χ3v) is 2.74. The molecule has 0 aliphatic carbocycles. The predicted molar refractivity (Wildman–Crippen MR) is 103 cm³/mol. The molecule has 0 heterocycles. The average molecular weight is 387 g/mol. The molecule has 0 amide bonds. The van der Waals surface area contributed by atoms with Gasteiger partial charge < -0.3 is 11.5 Å². The first-order valence-electron chi connectivity index (χ1n) is 7.94. The zero-order valence-corrected chi connectivity index (χ0v) is 15.7. The summed E-state index contributed by atoms with van der Waals surface area (Å²) in [5, 5.41) is 19.4. The van der Waals surface area contributed by atoms with Gasteiger partial charge in [-0.25, -0.2) is 4.84 Å². The lowest BCUT2D eigenvalue weighted by Crippen LogP contribution is -2.41. The van der Waals surface area contributed by atoms with E-state index in [1.807, 2.05) is 32.0 Å². The summed E-state index contributed by atoms with van der Waals surface area (Å²) in [6.45, 7) is 4.98. The van der Waals surface area contributed by atoms with Crippen molar-refractivity contribution in [2.45, 2.75) is 26.7 Å². The van der Waals surface area contributed by atoms with Gasteiger partial charge in [-0.2, -0.15) is 5.10 Å². The summed E-state index contributed by atoms with van der Waals surface area (Å²) in [7, 11) is 0. The summed E-state index contributed by atoms with van der Waals surface area (Å²) >= 11 is 5.96. The first kappa shape index (κ1) is 23.6. The van der Waals surface area contributed by atoms with Crippen molar-refractivity contribution in [3.63, 3.8) is 0 Å². The van der Waals surface area contributed by atoms with Gasteiger partial charge in [-0.1, -0.05) is 43.6 Å². The van der Waals surface area contributed by atoms with Crippen molar-refractivity contribution in [2.75, 3.05) is 13.2 Å². The maximum atomic E-state index is 7.28. The maximum absolute atomic E-state index is 7.28. The van der Waals surface area contributed by atoms with Gasteiger partial charge in [-0.05, 0) is 18.9 Å². The quantitative estimate of drug-likeness (QED) is 0.162. The Kier molecular flexibility index (Phi) is 13.5. The summed E-state index contributed by atoms with van der Waals surface area (Å²) < 4.78 is 0. The fourth-order valence-electron chi connectivity index (χ4n) is 1.28. The van der Waals surface area contributed by atoms with Crippen LogP contribution in [0.3, 0.4) is 0 Å². The molecule has 0 radical (unpaired) electrons. The molecule has 1 rings (SSSR count). The summed E-state index contributed by atoms with van der Waals surface area (Å²) in [6.07, 6.45) is 3.23. The van der Waals surface area contributed by atoms with Crippen molar-refractivity contribution >= 4 is 29.7 Å². The highest BCUT2D eigenvalue weighted by Gasteiger charge is 2.04. The molecular weight excluding hydrogens is 360 g/mol. The van der Waals surface area contributed by atoms with E-state index in [1.54, 1.807) is 6.07 Å². The second-order valence-corrected chi connectivity index (χ2v) is 5.15. The predicted octanol–water partition coefficient (Wildman–Crippen LogP) is 1.53.